The first-order valence-electron chi connectivity index (χ1n) is 23.6. The maximum Gasteiger partial charge on any atom is 0.0725 e. The molecule has 0 atom stereocenters. The number of hydrogen-bond acceptors (Lipinski definition) is 1. The number of anilines is 3. The molecule has 0 unspecified atom stereocenters. The van der Waals surface area contributed by atoms with Gasteiger partial charge in [-0.2, -0.15) is 0 Å². The van der Waals surface area contributed by atoms with Gasteiger partial charge in [0.15, 0.2) is 0 Å². The highest BCUT2D eigenvalue weighted by molar-refractivity contribution is 5.96. The Balaban J connectivity index is 0.884. The zero-order valence-corrected chi connectivity index (χ0v) is 33.7. The smallest absolute Gasteiger partial charge is 0.0725 e. The van der Waals surface area contributed by atoms with Crippen LogP contribution in [0.4, 0.5) is 17.1 Å². The summed E-state index contributed by atoms with van der Waals surface area (Å²) in [5.74, 6) is 0. The molecule has 1 heteroatoms. The number of nitrogens with zero attached hydrogens (tertiary/aromatic N) is 1. The van der Waals surface area contributed by atoms with Crippen LogP contribution in [0.15, 0.2) is 249 Å². The van der Waals surface area contributed by atoms with Gasteiger partial charge in [0.2, 0.25) is 0 Å². The average molecular weight is 793 g/mol. The van der Waals surface area contributed by atoms with Crippen LogP contribution in [0.3, 0.4) is 0 Å². The van der Waals surface area contributed by atoms with Crippen molar-refractivity contribution in [2.75, 3.05) is 4.90 Å². The van der Waals surface area contributed by atoms with Gasteiger partial charge in [-0.25, -0.2) is 0 Å². The first-order chi connectivity index (χ1) is 32.8. The molecule has 0 aromatic heterocycles. The Labute approximate surface area is 370 Å². The Hall–Kier alpha value is -8.00. The van der Waals surface area contributed by atoms with Crippen LogP contribution in [0.5, 0.6) is 0 Å². The molecule has 0 heterocycles. The van der Waals surface area contributed by atoms with E-state index < -0.39 is 6.04 Å². The van der Waals surface area contributed by atoms with E-state index in [4.69, 9.17) is 6.85 Å². The molecule has 0 amide bonds. The summed E-state index contributed by atoms with van der Waals surface area (Å²) in [6, 6.07) is 76.0. The molecule has 2 aliphatic carbocycles. The lowest BCUT2D eigenvalue weighted by Crippen LogP contribution is -2.25. The first kappa shape index (κ1) is 31.0. The van der Waals surface area contributed by atoms with Gasteiger partial charge in [-0.3, -0.25) is 0 Å². The Morgan fingerprint density at radius 2 is 0.613 bits per heavy atom. The third-order valence-electron chi connectivity index (χ3n) is 12.8. The molecule has 0 saturated heterocycles. The number of benzene rings is 10. The second kappa shape index (κ2) is 14.6. The van der Waals surface area contributed by atoms with E-state index in [1.807, 2.05) is 42.5 Å². The highest BCUT2D eigenvalue weighted by atomic mass is 15.1. The summed E-state index contributed by atoms with van der Waals surface area (Å²) in [6.45, 7) is 0. The summed E-state index contributed by atoms with van der Waals surface area (Å²) >= 11 is 0. The zero-order valence-electron chi connectivity index (χ0n) is 38.7. The molecule has 10 aromatic rings. The highest BCUT2D eigenvalue weighted by Gasteiger charge is 2.51. The largest absolute Gasteiger partial charge is 0.311 e. The molecule has 0 bridgehead atoms. The van der Waals surface area contributed by atoms with E-state index in [-0.39, 0.29) is 35.1 Å². The second-order valence-corrected chi connectivity index (χ2v) is 16.1. The van der Waals surface area contributed by atoms with Crippen LogP contribution in [0.1, 0.15) is 29.1 Å². The van der Waals surface area contributed by atoms with Crippen LogP contribution in [0.25, 0.3) is 66.8 Å². The minimum absolute atomic E-state index is 0.183. The maximum atomic E-state index is 8.56. The highest BCUT2D eigenvalue weighted by Crippen LogP contribution is 2.63. The van der Waals surface area contributed by atoms with Crippen molar-refractivity contribution < 1.29 is 6.85 Å². The van der Waals surface area contributed by atoms with Crippen molar-refractivity contribution >= 4 is 17.1 Å². The van der Waals surface area contributed by atoms with E-state index in [2.05, 4.69) is 181 Å². The molecule has 62 heavy (non-hydrogen) atoms. The quantitative estimate of drug-likeness (QED) is 0.155. The maximum absolute atomic E-state index is 8.56. The monoisotopic (exact) mass is 792 g/mol. The molecular formula is C61H41N. The van der Waals surface area contributed by atoms with Gasteiger partial charge < -0.3 is 4.90 Å². The van der Waals surface area contributed by atoms with Crippen LogP contribution < -0.4 is 4.90 Å². The third-order valence-corrected chi connectivity index (χ3v) is 12.8. The lowest BCUT2D eigenvalue weighted by molar-refractivity contribution is 0.794. The molecule has 0 saturated carbocycles. The van der Waals surface area contributed by atoms with Crippen LogP contribution in [-0.2, 0) is 5.41 Å². The third kappa shape index (κ3) is 5.70. The molecule has 0 fully saturated rings. The predicted octanol–water partition coefficient (Wildman–Crippen LogP) is 16.2. The Morgan fingerprint density at radius 3 is 1.08 bits per heavy atom. The van der Waals surface area contributed by atoms with E-state index >= 15 is 0 Å². The van der Waals surface area contributed by atoms with E-state index in [9.17, 15) is 0 Å². The second-order valence-electron chi connectivity index (χ2n) is 16.1. The Bertz CT molecular complexity index is 3450. The standard InChI is InChI=1S/C61H41N/c1-3-13-42(14-4-1)45-27-34-50(35-28-45)62(51-36-29-46(30-37-51)43-15-5-2-6-16-43)52-38-31-47(32-39-52)44-23-25-48(26-24-44)49-33-40-56-55-19-9-12-22-59(55)61(60(56)41-49)57-20-10-7-17-53(57)54-18-8-11-21-58(54)61/h1-41H/i1D,3D,4D,13D,14D. The molecule has 12 rings (SSSR count). The van der Waals surface area contributed by atoms with Gasteiger partial charge in [-0.05, 0) is 131 Å². The van der Waals surface area contributed by atoms with Crippen molar-refractivity contribution in [1.29, 1.82) is 0 Å². The summed E-state index contributed by atoms with van der Waals surface area (Å²) in [6.07, 6.45) is 0. The van der Waals surface area contributed by atoms with Crippen LogP contribution in [-0.4, -0.2) is 0 Å². The van der Waals surface area contributed by atoms with Gasteiger partial charge in [0, 0.05) is 17.1 Å². The van der Waals surface area contributed by atoms with Crippen molar-refractivity contribution in [3.05, 3.63) is 271 Å². The van der Waals surface area contributed by atoms with Crippen molar-refractivity contribution in [2.45, 2.75) is 5.41 Å². The predicted molar refractivity (Wildman–Crippen MR) is 259 cm³/mol. The lowest BCUT2D eigenvalue weighted by Gasteiger charge is -2.30. The SMILES string of the molecule is [2H]c1c([2H])c([2H])c(-c2ccc(N(c3ccc(-c4ccccc4)cc3)c3ccc(-c4ccc(-c5ccc6c(c5)C5(c7ccccc7-c7ccccc75)c5ccccc5-6)cc4)cc3)cc2)c([2H])c1[2H]. The van der Waals surface area contributed by atoms with Crippen molar-refractivity contribution in [1.82, 2.24) is 0 Å². The number of rotatable bonds is 7. The molecule has 0 N–H and O–H groups in total. The molecule has 10 aromatic carbocycles. The summed E-state index contributed by atoms with van der Waals surface area (Å²) in [5.41, 5.74) is 20.4. The van der Waals surface area contributed by atoms with Crippen LogP contribution in [0, 0.1) is 0 Å². The van der Waals surface area contributed by atoms with Gasteiger partial charge in [0.1, 0.15) is 0 Å². The Kier molecular flexibility index (Phi) is 7.30. The van der Waals surface area contributed by atoms with Crippen molar-refractivity contribution in [3.8, 4) is 66.8 Å². The molecule has 290 valence electrons. The summed E-state index contributed by atoms with van der Waals surface area (Å²) in [5, 5.41) is 0. The topological polar surface area (TPSA) is 3.24 Å². The van der Waals surface area contributed by atoms with Gasteiger partial charge >= 0.3 is 0 Å². The van der Waals surface area contributed by atoms with Crippen molar-refractivity contribution in [3.63, 3.8) is 0 Å². The van der Waals surface area contributed by atoms with Gasteiger partial charge in [-0.15, -0.1) is 0 Å². The normalized spacial score (nSPS) is 13.8. The number of fused-ring (bicyclic) bond motifs is 10. The summed E-state index contributed by atoms with van der Waals surface area (Å²) < 4.78 is 41.6. The molecule has 1 spiro atoms. The van der Waals surface area contributed by atoms with Crippen LogP contribution in [0.2, 0.25) is 0 Å². The van der Waals surface area contributed by atoms with Crippen molar-refractivity contribution in [2.24, 2.45) is 0 Å². The summed E-state index contributed by atoms with van der Waals surface area (Å²) in [7, 11) is 0. The fraction of sp³-hybridized carbons (Fsp3) is 0.0164. The average Bonchev–Trinajstić information content (AvgIpc) is 3.86. The number of hydrogen-bond donors (Lipinski definition) is 0. The molecule has 1 nitrogen and oxygen atoms in total. The summed E-state index contributed by atoms with van der Waals surface area (Å²) in [4.78, 5) is 2.17. The first-order valence-corrected chi connectivity index (χ1v) is 21.1. The molecule has 2 aliphatic rings. The van der Waals surface area contributed by atoms with E-state index in [0.29, 0.717) is 5.56 Å². The van der Waals surface area contributed by atoms with E-state index in [1.165, 1.54) is 50.1 Å². The Morgan fingerprint density at radius 1 is 0.274 bits per heavy atom. The van der Waals surface area contributed by atoms with Gasteiger partial charge in [0.05, 0.1) is 12.3 Å². The fourth-order valence-corrected chi connectivity index (χ4v) is 9.98. The van der Waals surface area contributed by atoms with Gasteiger partial charge in [-0.1, -0.05) is 206 Å². The van der Waals surface area contributed by atoms with Crippen LogP contribution >= 0.6 is 0 Å². The van der Waals surface area contributed by atoms with E-state index in [1.54, 1.807) is 0 Å². The molecule has 0 aliphatic heterocycles. The zero-order chi connectivity index (χ0) is 45.4. The fourth-order valence-electron chi connectivity index (χ4n) is 9.98. The molecule has 0 radical (unpaired) electrons. The molecular weight excluding hydrogens is 747 g/mol. The lowest BCUT2D eigenvalue weighted by atomic mass is 9.70. The minimum atomic E-state index is -0.402. The van der Waals surface area contributed by atoms with E-state index in [0.717, 1.165) is 44.9 Å². The minimum Gasteiger partial charge on any atom is -0.311 e. The van der Waals surface area contributed by atoms with Gasteiger partial charge in [0.25, 0.3) is 0 Å².